The minimum absolute atomic E-state index is 0.167. The first-order chi connectivity index (χ1) is 11.4. The van der Waals surface area contributed by atoms with Crippen LogP contribution in [0, 0.1) is 13.8 Å². The van der Waals surface area contributed by atoms with E-state index in [0.29, 0.717) is 11.5 Å². The van der Waals surface area contributed by atoms with Gasteiger partial charge in [-0.3, -0.25) is 4.79 Å². The van der Waals surface area contributed by atoms with Gasteiger partial charge in [-0.15, -0.1) is 0 Å². The van der Waals surface area contributed by atoms with Crippen molar-refractivity contribution in [3.8, 4) is 0 Å². The lowest BCUT2D eigenvalue weighted by atomic mass is 10.1. The predicted octanol–water partition coefficient (Wildman–Crippen LogP) is 3.29. The number of amidine groups is 1. The molecule has 122 valence electrons. The summed E-state index contributed by atoms with van der Waals surface area (Å²) in [6, 6.07) is 14.1. The van der Waals surface area contributed by atoms with E-state index < -0.39 is 0 Å². The summed E-state index contributed by atoms with van der Waals surface area (Å²) in [5, 5.41) is 2.85. The Morgan fingerprint density at radius 3 is 2.33 bits per heavy atom. The highest BCUT2D eigenvalue weighted by molar-refractivity contribution is 6.19. The largest absolute Gasteiger partial charge is 0.378 e. The summed E-state index contributed by atoms with van der Waals surface area (Å²) in [4.78, 5) is 18.7. The quantitative estimate of drug-likeness (QED) is 0.882. The number of nitrogens with one attached hydrogen (secondary N) is 1. The Balaban J connectivity index is 1.89. The second-order valence-corrected chi connectivity index (χ2v) is 6.23. The Morgan fingerprint density at radius 2 is 1.71 bits per heavy atom. The number of carbonyl (C=O) groups is 1. The van der Waals surface area contributed by atoms with Crippen molar-refractivity contribution in [2.45, 2.75) is 13.8 Å². The molecule has 1 aliphatic heterocycles. The van der Waals surface area contributed by atoms with Crippen LogP contribution in [-0.4, -0.2) is 25.8 Å². The molecule has 0 saturated carbocycles. The average Bonchev–Trinajstić information content (AvgIpc) is 2.91. The van der Waals surface area contributed by atoms with Gasteiger partial charge in [0.25, 0.3) is 5.91 Å². The van der Waals surface area contributed by atoms with E-state index in [1.165, 1.54) is 11.1 Å². The summed E-state index contributed by atoms with van der Waals surface area (Å²) in [6.45, 7) is 4.12. The Labute approximate surface area is 142 Å². The van der Waals surface area contributed by atoms with Crippen LogP contribution in [0.5, 0.6) is 0 Å². The van der Waals surface area contributed by atoms with Crippen LogP contribution in [0.4, 0.5) is 5.69 Å². The molecule has 0 radical (unpaired) electrons. The second kappa shape index (κ2) is 6.32. The number of hydrogen-bond acceptors (Lipinski definition) is 3. The van der Waals surface area contributed by atoms with Gasteiger partial charge in [0.15, 0.2) is 0 Å². The number of anilines is 1. The Bertz CT molecular complexity index is 846. The average molecular weight is 319 g/mol. The number of amides is 1. The molecule has 3 rings (SSSR count). The molecule has 1 heterocycles. The third kappa shape index (κ3) is 3.23. The zero-order chi connectivity index (χ0) is 17.3. The molecule has 0 fully saturated rings. The van der Waals surface area contributed by atoms with E-state index >= 15 is 0 Å². The second-order valence-electron chi connectivity index (χ2n) is 6.23. The molecule has 0 spiro atoms. The molecule has 0 saturated heterocycles. The summed E-state index contributed by atoms with van der Waals surface area (Å²) < 4.78 is 0. The van der Waals surface area contributed by atoms with Crippen molar-refractivity contribution in [1.82, 2.24) is 5.32 Å². The van der Waals surface area contributed by atoms with Gasteiger partial charge in [-0.25, -0.2) is 4.99 Å². The number of carbonyl (C=O) groups excluding carboxylic acids is 1. The van der Waals surface area contributed by atoms with Crippen molar-refractivity contribution in [2.24, 2.45) is 4.99 Å². The fraction of sp³-hybridized carbons (Fsp3) is 0.200. The maximum absolute atomic E-state index is 12.2. The van der Waals surface area contributed by atoms with Gasteiger partial charge in [0.1, 0.15) is 11.5 Å². The van der Waals surface area contributed by atoms with Crippen molar-refractivity contribution < 1.29 is 4.79 Å². The molecule has 24 heavy (non-hydrogen) atoms. The Morgan fingerprint density at radius 1 is 1.00 bits per heavy atom. The zero-order valence-corrected chi connectivity index (χ0v) is 14.4. The lowest BCUT2D eigenvalue weighted by Gasteiger charge is -2.11. The van der Waals surface area contributed by atoms with Crippen molar-refractivity contribution in [2.75, 3.05) is 19.0 Å². The topological polar surface area (TPSA) is 44.7 Å². The molecule has 0 aromatic heterocycles. The molecule has 2 aromatic rings. The van der Waals surface area contributed by atoms with Gasteiger partial charge >= 0.3 is 0 Å². The zero-order valence-electron chi connectivity index (χ0n) is 14.4. The van der Waals surface area contributed by atoms with Crippen LogP contribution in [0.15, 0.2) is 53.2 Å². The summed E-state index contributed by atoms with van der Waals surface area (Å²) in [6.07, 6.45) is 1.81. The molecule has 4 heteroatoms. The fourth-order valence-electron chi connectivity index (χ4n) is 2.52. The first-order valence-electron chi connectivity index (χ1n) is 7.91. The van der Waals surface area contributed by atoms with Crippen LogP contribution in [0.2, 0.25) is 0 Å². The minimum atomic E-state index is -0.167. The summed E-state index contributed by atoms with van der Waals surface area (Å²) in [7, 11) is 4.00. The Hall–Kier alpha value is -2.88. The van der Waals surface area contributed by atoms with Crippen LogP contribution >= 0.6 is 0 Å². The van der Waals surface area contributed by atoms with E-state index in [0.717, 1.165) is 16.8 Å². The van der Waals surface area contributed by atoms with E-state index in [-0.39, 0.29) is 5.91 Å². The van der Waals surface area contributed by atoms with Crippen molar-refractivity contribution >= 4 is 23.5 Å². The number of rotatable bonds is 3. The number of nitrogens with zero attached hydrogens (tertiary/aromatic N) is 2. The van der Waals surface area contributed by atoms with Gasteiger partial charge in [0.2, 0.25) is 0 Å². The van der Waals surface area contributed by atoms with Crippen LogP contribution in [0.25, 0.3) is 6.08 Å². The molecular weight excluding hydrogens is 298 g/mol. The van der Waals surface area contributed by atoms with Gasteiger partial charge in [-0.1, -0.05) is 24.3 Å². The highest BCUT2D eigenvalue weighted by Gasteiger charge is 2.21. The first-order valence-corrected chi connectivity index (χ1v) is 7.91. The van der Waals surface area contributed by atoms with Gasteiger partial charge in [-0.05, 0) is 54.8 Å². The molecule has 1 aliphatic rings. The fourth-order valence-corrected chi connectivity index (χ4v) is 2.52. The molecule has 2 aromatic carbocycles. The van der Waals surface area contributed by atoms with E-state index in [2.05, 4.69) is 24.2 Å². The normalized spacial score (nSPS) is 15.4. The highest BCUT2D eigenvalue weighted by atomic mass is 16.2. The summed E-state index contributed by atoms with van der Waals surface area (Å²) in [5.74, 6) is 0.444. The summed E-state index contributed by atoms with van der Waals surface area (Å²) >= 11 is 0. The van der Waals surface area contributed by atoms with Crippen LogP contribution in [0.3, 0.4) is 0 Å². The van der Waals surface area contributed by atoms with Crippen LogP contribution in [0.1, 0.15) is 22.3 Å². The first kappa shape index (κ1) is 16.0. The van der Waals surface area contributed by atoms with Crippen molar-refractivity contribution in [3.63, 3.8) is 0 Å². The highest BCUT2D eigenvalue weighted by Crippen LogP contribution is 2.19. The van der Waals surface area contributed by atoms with E-state index in [4.69, 9.17) is 0 Å². The van der Waals surface area contributed by atoms with E-state index in [1.807, 2.05) is 67.5 Å². The van der Waals surface area contributed by atoms with Crippen molar-refractivity contribution in [1.29, 1.82) is 0 Å². The molecule has 1 N–H and O–H groups in total. The smallest absolute Gasteiger partial charge is 0.275 e. The Kier molecular flexibility index (Phi) is 4.21. The number of benzene rings is 2. The monoisotopic (exact) mass is 319 g/mol. The third-order valence-corrected chi connectivity index (χ3v) is 4.19. The third-order valence-electron chi connectivity index (χ3n) is 4.19. The molecule has 0 atom stereocenters. The molecular formula is C20H21N3O. The SMILES string of the molecule is Cc1ccc(C2=N/C(=C/c3ccc(N(C)C)cc3)C(=O)N2)cc1C. The van der Waals surface area contributed by atoms with Crippen LogP contribution in [-0.2, 0) is 4.79 Å². The molecule has 4 nitrogen and oxygen atoms in total. The maximum Gasteiger partial charge on any atom is 0.275 e. The number of hydrogen-bond donors (Lipinski definition) is 1. The van der Waals surface area contributed by atoms with Gasteiger partial charge < -0.3 is 10.2 Å². The predicted molar refractivity (Wildman–Crippen MR) is 99.3 cm³/mol. The van der Waals surface area contributed by atoms with Gasteiger partial charge in [0, 0.05) is 25.3 Å². The van der Waals surface area contributed by atoms with E-state index in [1.54, 1.807) is 0 Å². The summed E-state index contributed by atoms with van der Waals surface area (Å²) in [5.41, 5.74) is 5.84. The van der Waals surface area contributed by atoms with E-state index in [9.17, 15) is 4.79 Å². The van der Waals surface area contributed by atoms with Gasteiger partial charge in [-0.2, -0.15) is 0 Å². The number of aliphatic imine (C=N–C) groups is 1. The molecule has 0 aliphatic carbocycles. The van der Waals surface area contributed by atoms with Crippen LogP contribution < -0.4 is 10.2 Å². The lowest BCUT2D eigenvalue weighted by molar-refractivity contribution is -0.115. The molecule has 1 amide bonds. The molecule has 0 bridgehead atoms. The maximum atomic E-state index is 12.2. The van der Waals surface area contributed by atoms with Crippen molar-refractivity contribution in [3.05, 3.63) is 70.4 Å². The minimum Gasteiger partial charge on any atom is -0.378 e. The van der Waals surface area contributed by atoms with Gasteiger partial charge in [0.05, 0.1) is 0 Å². The lowest BCUT2D eigenvalue weighted by Crippen LogP contribution is -2.24. The number of aryl methyl sites for hydroxylation is 2. The standard InChI is InChI=1S/C20H21N3O/c1-13-5-8-16(11-14(13)2)19-21-18(20(24)22-19)12-15-6-9-17(10-7-15)23(3)4/h5-12H,1-4H3,(H,21,22,24)/b18-12+. The molecule has 0 unspecified atom stereocenters.